The minimum Gasteiger partial charge on any atom is -0.497 e. The maximum absolute atomic E-state index is 15.1. The number of aliphatic hydroxyl groups is 1. The lowest BCUT2D eigenvalue weighted by Gasteiger charge is -2.51. The van der Waals surface area contributed by atoms with Gasteiger partial charge in [-0.25, -0.2) is 4.39 Å². The number of benzene rings is 2. The Kier molecular flexibility index (Phi) is 6.10. The molecule has 2 fully saturated rings. The van der Waals surface area contributed by atoms with E-state index < -0.39 is 12.1 Å². The highest BCUT2D eigenvalue weighted by Crippen LogP contribution is 2.52. The lowest BCUT2D eigenvalue weighted by atomic mass is 9.66. The summed E-state index contributed by atoms with van der Waals surface area (Å²) in [4.78, 5) is 19.8. The van der Waals surface area contributed by atoms with Gasteiger partial charge >= 0.3 is 0 Å². The minimum absolute atomic E-state index is 0.00772. The van der Waals surface area contributed by atoms with Gasteiger partial charge in [0.2, 0.25) is 0 Å². The third kappa shape index (κ3) is 3.67. The second-order valence-electron chi connectivity index (χ2n) is 10.7. The van der Waals surface area contributed by atoms with Crippen LogP contribution < -0.4 is 10.1 Å². The molecule has 36 heavy (non-hydrogen) atoms. The zero-order valence-electron chi connectivity index (χ0n) is 20.7. The van der Waals surface area contributed by atoms with Crippen LogP contribution in [0.5, 0.6) is 5.75 Å². The molecular formula is C29H34FN3O3. The number of nitrogens with zero attached hydrogens (tertiary/aromatic N) is 1. The molecular weight excluding hydrogens is 457 g/mol. The van der Waals surface area contributed by atoms with E-state index in [4.69, 9.17) is 4.74 Å². The van der Waals surface area contributed by atoms with Crippen LogP contribution in [0.15, 0.2) is 42.5 Å². The summed E-state index contributed by atoms with van der Waals surface area (Å²) in [5.41, 5.74) is 3.33. The summed E-state index contributed by atoms with van der Waals surface area (Å²) in [6.45, 7) is 2.10. The number of ketones is 1. The number of halogens is 1. The summed E-state index contributed by atoms with van der Waals surface area (Å²) in [6, 6.07) is 11.6. The van der Waals surface area contributed by atoms with E-state index in [1.165, 1.54) is 11.6 Å². The van der Waals surface area contributed by atoms with Gasteiger partial charge < -0.3 is 20.1 Å². The van der Waals surface area contributed by atoms with Crippen molar-refractivity contribution >= 4 is 16.7 Å². The first-order valence-electron chi connectivity index (χ1n) is 13.1. The maximum Gasteiger partial charge on any atom is 0.159 e. The molecule has 2 atom stereocenters. The first-order chi connectivity index (χ1) is 17.6. The molecule has 0 radical (unpaired) electrons. The summed E-state index contributed by atoms with van der Waals surface area (Å²) in [7, 11) is 1.66. The van der Waals surface area contributed by atoms with Crippen molar-refractivity contribution in [2.24, 2.45) is 5.92 Å². The molecule has 1 spiro atoms. The van der Waals surface area contributed by atoms with Crippen molar-refractivity contribution in [1.29, 1.82) is 0 Å². The smallest absolute Gasteiger partial charge is 0.159 e. The van der Waals surface area contributed by atoms with Gasteiger partial charge in [0.25, 0.3) is 0 Å². The molecule has 3 aromatic rings. The predicted octanol–water partition coefficient (Wildman–Crippen LogP) is 4.40. The van der Waals surface area contributed by atoms with Gasteiger partial charge in [0.15, 0.2) is 5.78 Å². The number of aliphatic hydroxyl groups excluding tert-OH is 1. The van der Waals surface area contributed by atoms with Gasteiger partial charge in [0, 0.05) is 46.1 Å². The Hall–Kier alpha value is -2.74. The Labute approximate surface area is 210 Å². The molecule has 6 nitrogen and oxygen atoms in total. The standard InChI is InChI=1S/C29H34FN3O3/c1-36-19-9-10-21-23(15-19)32-26-25(21)29(11-13-31-14-12-29)17-33(27(26)28(35)18-5-4-6-18)24(16-34)20-7-2-3-8-22(20)30/h2-3,7-10,15,18,24,27,31-32,34H,4-6,11-14,16-17H2,1H3. The van der Waals surface area contributed by atoms with E-state index in [0.717, 1.165) is 67.5 Å². The average Bonchev–Trinajstić information content (AvgIpc) is 3.24. The van der Waals surface area contributed by atoms with Gasteiger partial charge in [0.1, 0.15) is 17.6 Å². The molecule has 6 rings (SSSR count). The number of methoxy groups -OCH3 is 1. The quantitative estimate of drug-likeness (QED) is 0.477. The molecule has 3 N–H and O–H groups in total. The van der Waals surface area contributed by atoms with Crippen LogP contribution >= 0.6 is 0 Å². The summed E-state index contributed by atoms with van der Waals surface area (Å²) >= 11 is 0. The number of nitrogens with one attached hydrogen (secondary N) is 2. The first-order valence-corrected chi connectivity index (χ1v) is 13.1. The molecule has 3 heterocycles. The predicted molar refractivity (Wildman–Crippen MR) is 137 cm³/mol. The van der Waals surface area contributed by atoms with Gasteiger partial charge in [-0.05, 0) is 62.5 Å². The topological polar surface area (TPSA) is 77.6 Å². The summed E-state index contributed by atoms with van der Waals surface area (Å²) in [5, 5.41) is 15.3. The van der Waals surface area contributed by atoms with Crippen molar-refractivity contribution in [3.05, 3.63) is 65.1 Å². The molecule has 0 bridgehead atoms. The van der Waals surface area contributed by atoms with Crippen LogP contribution in [-0.2, 0) is 10.2 Å². The number of aromatic nitrogens is 1. The SMILES string of the molecule is COc1ccc2c3c([nH]c2c1)C(C(=O)C1CCC1)N(C(CO)c1ccccc1F)CC31CCNCC1. The number of piperidine rings is 1. The number of ether oxygens (including phenoxy) is 1. The molecule has 190 valence electrons. The van der Waals surface area contributed by atoms with Crippen LogP contribution in [0.2, 0.25) is 0 Å². The minimum atomic E-state index is -0.610. The van der Waals surface area contributed by atoms with Crippen molar-refractivity contribution in [1.82, 2.24) is 15.2 Å². The highest BCUT2D eigenvalue weighted by atomic mass is 19.1. The number of aromatic amines is 1. The van der Waals surface area contributed by atoms with Crippen molar-refractivity contribution < 1.29 is 19.0 Å². The third-order valence-corrected chi connectivity index (χ3v) is 8.83. The number of rotatable bonds is 6. The van der Waals surface area contributed by atoms with Gasteiger partial charge in [-0.3, -0.25) is 9.69 Å². The van der Waals surface area contributed by atoms with E-state index >= 15 is 4.39 Å². The zero-order chi connectivity index (χ0) is 24.9. The first kappa shape index (κ1) is 23.6. The second-order valence-corrected chi connectivity index (χ2v) is 10.7. The van der Waals surface area contributed by atoms with Crippen LogP contribution in [0.3, 0.4) is 0 Å². The van der Waals surface area contributed by atoms with Crippen molar-refractivity contribution in [2.45, 2.75) is 49.6 Å². The molecule has 1 aliphatic carbocycles. The van der Waals surface area contributed by atoms with E-state index in [1.54, 1.807) is 25.3 Å². The van der Waals surface area contributed by atoms with Gasteiger partial charge in [-0.2, -0.15) is 0 Å². The molecule has 2 unspecified atom stereocenters. The Balaban J connectivity index is 1.57. The van der Waals surface area contributed by atoms with E-state index in [1.807, 2.05) is 12.1 Å². The Morgan fingerprint density at radius 1 is 1.22 bits per heavy atom. The van der Waals surface area contributed by atoms with Gasteiger partial charge in [-0.1, -0.05) is 24.6 Å². The summed E-state index contributed by atoms with van der Waals surface area (Å²) in [6.07, 6.45) is 4.67. The van der Waals surface area contributed by atoms with E-state index in [9.17, 15) is 9.90 Å². The molecule has 2 aliphatic heterocycles. The van der Waals surface area contributed by atoms with E-state index in [-0.39, 0.29) is 29.5 Å². The molecule has 1 saturated carbocycles. The number of carbonyl (C=O) groups is 1. The molecule has 3 aliphatic rings. The number of Topliss-reactive ketones (excluding diaryl/α,β-unsaturated/α-hetero) is 1. The fourth-order valence-corrected chi connectivity index (χ4v) is 6.74. The zero-order valence-corrected chi connectivity index (χ0v) is 20.7. The van der Waals surface area contributed by atoms with Crippen LogP contribution in [0.1, 0.15) is 61.0 Å². The van der Waals surface area contributed by atoms with Crippen LogP contribution in [0.25, 0.3) is 10.9 Å². The number of fused-ring (bicyclic) bond motifs is 4. The number of H-pyrrole nitrogens is 1. The number of hydrogen-bond acceptors (Lipinski definition) is 5. The lowest BCUT2D eigenvalue weighted by Crippen LogP contribution is -2.56. The molecule has 1 saturated heterocycles. The number of carbonyl (C=O) groups excluding carboxylic acids is 1. The fourth-order valence-electron chi connectivity index (χ4n) is 6.74. The van der Waals surface area contributed by atoms with Crippen molar-refractivity contribution in [3.63, 3.8) is 0 Å². The molecule has 1 aromatic heterocycles. The normalized spacial score (nSPS) is 22.8. The fraction of sp³-hybridized carbons (Fsp3) is 0.483. The van der Waals surface area contributed by atoms with Crippen LogP contribution in [-0.4, -0.2) is 54.1 Å². The van der Waals surface area contributed by atoms with Crippen LogP contribution in [0.4, 0.5) is 4.39 Å². The van der Waals surface area contributed by atoms with Gasteiger partial charge in [-0.15, -0.1) is 0 Å². The van der Waals surface area contributed by atoms with Crippen molar-refractivity contribution in [2.75, 3.05) is 33.4 Å². The monoisotopic (exact) mass is 491 g/mol. The third-order valence-electron chi connectivity index (χ3n) is 8.83. The average molecular weight is 492 g/mol. The highest BCUT2D eigenvalue weighted by molar-refractivity contribution is 5.94. The Morgan fingerprint density at radius 3 is 2.67 bits per heavy atom. The molecule has 2 aromatic carbocycles. The van der Waals surface area contributed by atoms with E-state index in [2.05, 4.69) is 21.3 Å². The van der Waals surface area contributed by atoms with E-state index in [0.29, 0.717) is 12.1 Å². The highest BCUT2D eigenvalue weighted by Gasteiger charge is 2.51. The molecule has 7 heteroatoms. The Bertz CT molecular complexity index is 1280. The largest absolute Gasteiger partial charge is 0.497 e. The van der Waals surface area contributed by atoms with Gasteiger partial charge in [0.05, 0.1) is 19.8 Å². The lowest BCUT2D eigenvalue weighted by molar-refractivity contribution is -0.134. The summed E-state index contributed by atoms with van der Waals surface area (Å²) < 4.78 is 20.6. The molecule has 0 amide bonds. The Morgan fingerprint density at radius 2 is 2.00 bits per heavy atom. The second kappa shape index (κ2) is 9.29. The number of hydrogen-bond donors (Lipinski definition) is 3. The maximum atomic E-state index is 15.1. The summed E-state index contributed by atoms with van der Waals surface area (Å²) in [5.74, 6) is 0.602. The van der Waals surface area contributed by atoms with Crippen LogP contribution in [0, 0.1) is 11.7 Å². The van der Waals surface area contributed by atoms with Crippen molar-refractivity contribution in [3.8, 4) is 5.75 Å².